The molecule has 4 atom stereocenters. The van der Waals surface area contributed by atoms with E-state index in [0.717, 1.165) is 12.8 Å². The fourth-order valence-corrected chi connectivity index (χ4v) is 2.55. The first kappa shape index (κ1) is 11.2. The molecule has 1 aliphatic heterocycles. The average Bonchev–Trinajstić information content (AvgIpc) is 2.50. The largest absolute Gasteiger partial charge is 0.460 e. The van der Waals surface area contributed by atoms with Crippen molar-refractivity contribution in [2.45, 2.75) is 38.8 Å². The highest BCUT2D eigenvalue weighted by Gasteiger charge is 2.47. The van der Waals surface area contributed by atoms with Crippen LogP contribution in [0.5, 0.6) is 0 Å². The fourth-order valence-electron chi connectivity index (χ4n) is 2.55. The third-order valence-electron chi connectivity index (χ3n) is 3.47. The van der Waals surface area contributed by atoms with E-state index in [4.69, 9.17) is 4.74 Å². The van der Waals surface area contributed by atoms with Crippen LogP contribution >= 0.6 is 0 Å². The SMILES string of the molecule is C=C(C)C(=O)NC1C(C)CC2CC1OC2=O. The lowest BCUT2D eigenvalue weighted by Crippen LogP contribution is -2.49. The Kier molecular flexibility index (Phi) is 2.74. The van der Waals surface area contributed by atoms with Gasteiger partial charge in [0, 0.05) is 5.57 Å². The van der Waals surface area contributed by atoms with Gasteiger partial charge in [-0.15, -0.1) is 0 Å². The minimum atomic E-state index is -0.154. The van der Waals surface area contributed by atoms with E-state index in [0.29, 0.717) is 5.57 Å². The van der Waals surface area contributed by atoms with Gasteiger partial charge in [0.05, 0.1) is 12.0 Å². The molecule has 1 amide bonds. The monoisotopic (exact) mass is 223 g/mol. The minimum absolute atomic E-state index is 0.0398. The molecule has 4 unspecified atom stereocenters. The maximum atomic E-state index is 11.6. The molecule has 2 rings (SSSR count). The molecule has 2 fully saturated rings. The number of carbonyl (C=O) groups excluding carboxylic acids is 2. The van der Waals surface area contributed by atoms with Crippen LogP contribution in [0.3, 0.4) is 0 Å². The van der Waals surface area contributed by atoms with Gasteiger partial charge >= 0.3 is 5.97 Å². The Balaban J connectivity index is 2.07. The number of ether oxygens (including phenoxy) is 1. The fraction of sp³-hybridized carbons (Fsp3) is 0.667. The number of esters is 1. The van der Waals surface area contributed by atoms with E-state index in [1.54, 1.807) is 6.92 Å². The van der Waals surface area contributed by atoms with Crippen LogP contribution in [0.2, 0.25) is 0 Å². The van der Waals surface area contributed by atoms with E-state index in [1.807, 2.05) is 6.92 Å². The first-order valence-corrected chi connectivity index (χ1v) is 5.66. The van der Waals surface area contributed by atoms with Crippen LogP contribution in [0.4, 0.5) is 0 Å². The highest BCUT2D eigenvalue weighted by atomic mass is 16.6. The first-order chi connectivity index (χ1) is 7.49. The summed E-state index contributed by atoms with van der Waals surface area (Å²) in [6.45, 7) is 7.32. The molecule has 0 aromatic heterocycles. The predicted octanol–water partition coefficient (Wildman–Crippen LogP) is 1.02. The zero-order valence-electron chi connectivity index (χ0n) is 9.66. The molecule has 4 nitrogen and oxygen atoms in total. The van der Waals surface area contributed by atoms with Crippen LogP contribution in [-0.4, -0.2) is 24.0 Å². The second kappa shape index (κ2) is 3.92. The van der Waals surface area contributed by atoms with Gasteiger partial charge in [0.2, 0.25) is 5.91 Å². The molecule has 1 heterocycles. The molecule has 0 radical (unpaired) electrons. The van der Waals surface area contributed by atoms with E-state index in [9.17, 15) is 9.59 Å². The molecule has 0 aromatic carbocycles. The zero-order valence-corrected chi connectivity index (χ0v) is 9.66. The average molecular weight is 223 g/mol. The van der Waals surface area contributed by atoms with Crippen LogP contribution in [-0.2, 0) is 14.3 Å². The zero-order chi connectivity index (χ0) is 11.9. The molecule has 2 bridgehead atoms. The second-order valence-corrected chi connectivity index (χ2v) is 4.90. The van der Waals surface area contributed by atoms with Crippen LogP contribution in [0.25, 0.3) is 0 Å². The summed E-state index contributed by atoms with van der Waals surface area (Å²) in [7, 11) is 0. The van der Waals surface area contributed by atoms with Crippen LogP contribution < -0.4 is 5.32 Å². The summed E-state index contributed by atoms with van der Waals surface area (Å²) in [6.07, 6.45) is 1.39. The van der Waals surface area contributed by atoms with Gasteiger partial charge < -0.3 is 10.1 Å². The molecule has 1 saturated heterocycles. The molecular formula is C12H17NO3. The standard InChI is InChI=1S/C12H17NO3/c1-6(2)11(14)13-10-7(3)4-8-5-9(10)16-12(8)15/h7-10H,1,4-5H2,2-3H3,(H,13,14). The quantitative estimate of drug-likeness (QED) is 0.561. The van der Waals surface area contributed by atoms with Gasteiger partial charge in [-0.05, 0) is 25.7 Å². The third-order valence-corrected chi connectivity index (χ3v) is 3.47. The number of hydrogen-bond donors (Lipinski definition) is 1. The second-order valence-electron chi connectivity index (χ2n) is 4.90. The van der Waals surface area contributed by atoms with Crippen molar-refractivity contribution in [1.82, 2.24) is 5.32 Å². The summed E-state index contributed by atoms with van der Waals surface area (Å²) in [5.41, 5.74) is 0.485. The topological polar surface area (TPSA) is 55.4 Å². The number of nitrogens with one attached hydrogen (secondary N) is 1. The van der Waals surface area contributed by atoms with Gasteiger partial charge in [-0.25, -0.2) is 0 Å². The predicted molar refractivity (Wildman–Crippen MR) is 58.5 cm³/mol. The summed E-state index contributed by atoms with van der Waals surface area (Å²) in [5, 5.41) is 2.90. The lowest BCUT2D eigenvalue weighted by Gasteiger charge is -2.32. The molecule has 4 heteroatoms. The van der Waals surface area contributed by atoms with Crippen LogP contribution in [0.1, 0.15) is 26.7 Å². The van der Waals surface area contributed by atoms with Crippen molar-refractivity contribution in [1.29, 1.82) is 0 Å². The van der Waals surface area contributed by atoms with Crippen molar-refractivity contribution >= 4 is 11.9 Å². The van der Waals surface area contributed by atoms with Crippen LogP contribution in [0, 0.1) is 11.8 Å². The van der Waals surface area contributed by atoms with Gasteiger partial charge in [-0.3, -0.25) is 9.59 Å². The lowest BCUT2D eigenvalue weighted by atomic mass is 9.79. The highest BCUT2D eigenvalue weighted by molar-refractivity contribution is 5.92. The maximum Gasteiger partial charge on any atom is 0.309 e. The molecule has 88 valence electrons. The third kappa shape index (κ3) is 1.84. The maximum absolute atomic E-state index is 11.6. The summed E-state index contributed by atoms with van der Waals surface area (Å²) in [5.74, 6) is 0.0543. The number of carbonyl (C=O) groups is 2. The Hall–Kier alpha value is -1.32. The van der Waals surface area contributed by atoms with E-state index < -0.39 is 0 Å². The van der Waals surface area contributed by atoms with Crippen molar-refractivity contribution in [3.63, 3.8) is 0 Å². The van der Waals surface area contributed by atoms with Gasteiger partial charge in [0.15, 0.2) is 0 Å². The van der Waals surface area contributed by atoms with Crippen molar-refractivity contribution in [3.8, 4) is 0 Å². The summed E-state index contributed by atoms with van der Waals surface area (Å²) >= 11 is 0. The Morgan fingerprint density at radius 1 is 1.50 bits per heavy atom. The normalized spacial score (nSPS) is 36.8. The van der Waals surface area contributed by atoms with Crippen molar-refractivity contribution in [3.05, 3.63) is 12.2 Å². The first-order valence-electron chi connectivity index (χ1n) is 5.66. The molecule has 1 aliphatic carbocycles. The highest BCUT2D eigenvalue weighted by Crippen LogP contribution is 2.37. The van der Waals surface area contributed by atoms with Crippen molar-refractivity contribution in [2.24, 2.45) is 11.8 Å². The Labute approximate surface area is 95.0 Å². The smallest absolute Gasteiger partial charge is 0.309 e. The summed E-state index contributed by atoms with van der Waals surface area (Å²) < 4.78 is 5.27. The molecule has 0 aromatic rings. The Morgan fingerprint density at radius 2 is 2.19 bits per heavy atom. The van der Waals surface area contributed by atoms with E-state index in [-0.39, 0.29) is 35.9 Å². The molecule has 1 N–H and O–H groups in total. The Bertz CT molecular complexity index is 350. The van der Waals surface area contributed by atoms with Crippen LogP contribution in [0.15, 0.2) is 12.2 Å². The van der Waals surface area contributed by atoms with E-state index in [2.05, 4.69) is 11.9 Å². The van der Waals surface area contributed by atoms with Crippen molar-refractivity contribution in [2.75, 3.05) is 0 Å². The van der Waals surface area contributed by atoms with E-state index in [1.165, 1.54) is 0 Å². The number of hydrogen-bond acceptors (Lipinski definition) is 3. The van der Waals surface area contributed by atoms with E-state index >= 15 is 0 Å². The summed E-state index contributed by atoms with van der Waals surface area (Å²) in [6, 6.07) is -0.0631. The van der Waals surface area contributed by atoms with Crippen molar-refractivity contribution < 1.29 is 14.3 Å². The number of fused-ring (bicyclic) bond motifs is 2. The summed E-state index contributed by atoms with van der Waals surface area (Å²) in [4.78, 5) is 23.0. The van der Waals surface area contributed by atoms with Gasteiger partial charge in [0.25, 0.3) is 0 Å². The van der Waals surface area contributed by atoms with Gasteiger partial charge in [0.1, 0.15) is 6.10 Å². The van der Waals surface area contributed by atoms with Gasteiger partial charge in [-0.2, -0.15) is 0 Å². The molecular weight excluding hydrogens is 206 g/mol. The molecule has 2 aliphatic rings. The minimum Gasteiger partial charge on any atom is -0.460 e. The Morgan fingerprint density at radius 3 is 2.81 bits per heavy atom. The molecule has 0 spiro atoms. The number of amides is 1. The lowest BCUT2D eigenvalue weighted by molar-refractivity contribution is -0.144. The molecule has 1 saturated carbocycles. The van der Waals surface area contributed by atoms with Gasteiger partial charge in [-0.1, -0.05) is 13.5 Å². The molecule has 16 heavy (non-hydrogen) atoms. The number of rotatable bonds is 2.